The maximum absolute atomic E-state index is 10.6. The van der Waals surface area contributed by atoms with E-state index in [1.807, 2.05) is 6.07 Å². The molecule has 0 bridgehead atoms. The highest BCUT2D eigenvalue weighted by molar-refractivity contribution is 9.11. The second kappa shape index (κ2) is 6.04. The van der Waals surface area contributed by atoms with Crippen LogP contribution in [-0.2, 0) is 11.2 Å². The fraction of sp³-hybridized carbons (Fsp3) is 0.714. The average Bonchev–Trinajstić information content (AvgIpc) is 2.74. The van der Waals surface area contributed by atoms with E-state index in [-0.39, 0.29) is 5.60 Å². The van der Waals surface area contributed by atoms with Crippen LogP contribution in [0.5, 0.6) is 0 Å². The van der Waals surface area contributed by atoms with Crippen molar-refractivity contribution in [1.29, 1.82) is 0 Å². The Morgan fingerprint density at radius 1 is 1.61 bits per heavy atom. The standard InChI is InChI=1S/C14H21BrO2S/c1-10-4-3-7-14(9-10,17-2)12(16)8-11-5-6-13(15)18-11/h5-6,10,12,16H,3-4,7-9H2,1-2H3. The minimum atomic E-state index is -0.407. The predicted molar refractivity (Wildman–Crippen MR) is 79.1 cm³/mol. The highest BCUT2D eigenvalue weighted by Crippen LogP contribution is 2.38. The van der Waals surface area contributed by atoms with Crippen LogP contribution in [0.1, 0.15) is 37.5 Å². The SMILES string of the molecule is COC1(C(O)Cc2ccc(Br)s2)CCCC(C)C1. The minimum absolute atomic E-state index is 0.339. The summed E-state index contributed by atoms with van der Waals surface area (Å²) in [5.74, 6) is 0.642. The number of methoxy groups -OCH3 is 1. The van der Waals surface area contributed by atoms with Crippen molar-refractivity contribution in [2.24, 2.45) is 5.92 Å². The second-order valence-electron chi connectivity index (χ2n) is 5.40. The van der Waals surface area contributed by atoms with Gasteiger partial charge in [-0.3, -0.25) is 0 Å². The van der Waals surface area contributed by atoms with Gasteiger partial charge in [0.05, 0.1) is 15.5 Å². The highest BCUT2D eigenvalue weighted by atomic mass is 79.9. The zero-order valence-electron chi connectivity index (χ0n) is 11.0. The van der Waals surface area contributed by atoms with Crippen LogP contribution in [-0.4, -0.2) is 23.9 Å². The summed E-state index contributed by atoms with van der Waals surface area (Å²) in [7, 11) is 1.74. The molecular weight excluding hydrogens is 312 g/mol. The van der Waals surface area contributed by atoms with Crippen LogP contribution in [0.25, 0.3) is 0 Å². The molecule has 1 aromatic heterocycles. The van der Waals surface area contributed by atoms with Gasteiger partial charge in [0.2, 0.25) is 0 Å². The molecule has 102 valence electrons. The Morgan fingerprint density at radius 2 is 2.39 bits per heavy atom. The molecular formula is C14H21BrO2S. The van der Waals surface area contributed by atoms with Gasteiger partial charge in [-0.15, -0.1) is 11.3 Å². The Balaban J connectivity index is 2.07. The molecule has 1 saturated carbocycles. The van der Waals surface area contributed by atoms with Gasteiger partial charge >= 0.3 is 0 Å². The summed E-state index contributed by atoms with van der Waals surface area (Å²) in [6.07, 6.45) is 4.63. The summed E-state index contributed by atoms with van der Waals surface area (Å²) in [6, 6.07) is 4.11. The van der Waals surface area contributed by atoms with Gasteiger partial charge in [0.15, 0.2) is 0 Å². The van der Waals surface area contributed by atoms with Crippen molar-refractivity contribution in [2.75, 3.05) is 7.11 Å². The molecule has 18 heavy (non-hydrogen) atoms. The zero-order valence-corrected chi connectivity index (χ0v) is 13.4. The molecule has 1 N–H and O–H groups in total. The Bertz CT molecular complexity index is 393. The number of halogens is 1. The Labute approximate surface area is 121 Å². The third-order valence-corrected chi connectivity index (χ3v) is 5.67. The molecule has 0 aliphatic heterocycles. The monoisotopic (exact) mass is 332 g/mol. The number of hydrogen-bond donors (Lipinski definition) is 1. The van der Waals surface area contributed by atoms with Gasteiger partial charge in [0.25, 0.3) is 0 Å². The number of aliphatic hydroxyl groups excluding tert-OH is 1. The van der Waals surface area contributed by atoms with Crippen molar-refractivity contribution in [3.8, 4) is 0 Å². The van der Waals surface area contributed by atoms with E-state index in [1.165, 1.54) is 11.3 Å². The van der Waals surface area contributed by atoms with Crippen molar-refractivity contribution >= 4 is 27.3 Å². The molecule has 0 spiro atoms. The lowest BCUT2D eigenvalue weighted by atomic mass is 9.74. The van der Waals surface area contributed by atoms with Crippen molar-refractivity contribution in [3.63, 3.8) is 0 Å². The smallest absolute Gasteiger partial charge is 0.0942 e. The number of ether oxygens (including phenoxy) is 1. The van der Waals surface area contributed by atoms with Gasteiger partial charge in [-0.2, -0.15) is 0 Å². The summed E-state index contributed by atoms with van der Waals surface area (Å²) >= 11 is 5.15. The Morgan fingerprint density at radius 3 is 2.94 bits per heavy atom. The fourth-order valence-electron chi connectivity index (χ4n) is 3.01. The lowest BCUT2D eigenvalue weighted by Gasteiger charge is -2.42. The topological polar surface area (TPSA) is 29.5 Å². The number of thiophene rings is 1. The number of aliphatic hydroxyl groups is 1. The number of hydrogen-bond acceptors (Lipinski definition) is 3. The molecule has 0 aromatic carbocycles. The molecule has 3 unspecified atom stereocenters. The van der Waals surface area contributed by atoms with Crippen LogP contribution >= 0.6 is 27.3 Å². The molecule has 0 saturated heterocycles. The van der Waals surface area contributed by atoms with Crippen LogP contribution in [0.3, 0.4) is 0 Å². The first kappa shape index (κ1) is 14.5. The third-order valence-electron chi connectivity index (χ3n) is 4.03. The van der Waals surface area contributed by atoms with Gasteiger partial charge in [-0.25, -0.2) is 0 Å². The first-order chi connectivity index (χ1) is 8.55. The molecule has 1 fully saturated rings. The van der Waals surface area contributed by atoms with Crippen molar-refractivity contribution in [3.05, 3.63) is 20.8 Å². The molecule has 1 heterocycles. The van der Waals surface area contributed by atoms with E-state index >= 15 is 0 Å². The molecule has 1 aliphatic carbocycles. The van der Waals surface area contributed by atoms with Crippen LogP contribution in [0.15, 0.2) is 15.9 Å². The summed E-state index contributed by atoms with van der Waals surface area (Å²) in [5.41, 5.74) is -0.339. The van der Waals surface area contributed by atoms with E-state index in [0.29, 0.717) is 12.3 Å². The first-order valence-electron chi connectivity index (χ1n) is 6.53. The normalized spacial score (nSPS) is 30.3. The Hall–Kier alpha value is 0.1000. The van der Waals surface area contributed by atoms with E-state index in [0.717, 1.165) is 23.0 Å². The first-order valence-corrected chi connectivity index (χ1v) is 8.14. The van der Waals surface area contributed by atoms with Crippen LogP contribution in [0.2, 0.25) is 0 Å². The molecule has 1 aliphatic rings. The van der Waals surface area contributed by atoms with E-state index in [2.05, 4.69) is 28.9 Å². The summed E-state index contributed by atoms with van der Waals surface area (Å²) in [4.78, 5) is 1.21. The predicted octanol–water partition coefficient (Wildman–Crippen LogP) is 4.01. The Kier molecular flexibility index (Phi) is 4.86. The average molecular weight is 333 g/mol. The fourth-order valence-corrected chi connectivity index (χ4v) is 4.53. The second-order valence-corrected chi connectivity index (χ2v) is 7.94. The maximum atomic E-state index is 10.6. The van der Waals surface area contributed by atoms with Crippen molar-refractivity contribution in [1.82, 2.24) is 0 Å². The van der Waals surface area contributed by atoms with Crippen molar-refractivity contribution in [2.45, 2.75) is 50.7 Å². The lowest BCUT2D eigenvalue weighted by Crippen LogP contribution is -2.48. The third kappa shape index (κ3) is 3.16. The van der Waals surface area contributed by atoms with Crippen LogP contribution in [0.4, 0.5) is 0 Å². The van der Waals surface area contributed by atoms with E-state index in [1.54, 1.807) is 18.4 Å². The molecule has 1 aromatic rings. The molecule has 0 amide bonds. The highest BCUT2D eigenvalue weighted by Gasteiger charge is 2.41. The largest absolute Gasteiger partial charge is 0.390 e. The molecule has 3 atom stereocenters. The molecule has 2 nitrogen and oxygen atoms in total. The van der Waals surface area contributed by atoms with Crippen molar-refractivity contribution < 1.29 is 9.84 Å². The van der Waals surface area contributed by atoms with Gasteiger partial charge in [0, 0.05) is 18.4 Å². The lowest BCUT2D eigenvalue weighted by molar-refractivity contribution is -0.130. The molecule has 4 heteroatoms. The van der Waals surface area contributed by atoms with Gasteiger partial charge in [-0.05, 0) is 46.8 Å². The summed E-state index contributed by atoms with van der Waals surface area (Å²) < 4.78 is 6.85. The van der Waals surface area contributed by atoms with Crippen LogP contribution < -0.4 is 0 Å². The van der Waals surface area contributed by atoms with Gasteiger partial charge < -0.3 is 9.84 Å². The zero-order chi connectivity index (χ0) is 13.2. The quantitative estimate of drug-likeness (QED) is 0.902. The van der Waals surface area contributed by atoms with E-state index < -0.39 is 6.10 Å². The maximum Gasteiger partial charge on any atom is 0.0942 e. The number of rotatable bonds is 4. The summed E-state index contributed by atoms with van der Waals surface area (Å²) in [6.45, 7) is 2.25. The minimum Gasteiger partial charge on any atom is -0.390 e. The van der Waals surface area contributed by atoms with Gasteiger partial charge in [0.1, 0.15) is 0 Å². The van der Waals surface area contributed by atoms with E-state index in [9.17, 15) is 5.11 Å². The van der Waals surface area contributed by atoms with Crippen LogP contribution in [0, 0.1) is 5.92 Å². The molecule has 0 radical (unpaired) electrons. The van der Waals surface area contributed by atoms with Gasteiger partial charge in [-0.1, -0.05) is 19.8 Å². The summed E-state index contributed by atoms with van der Waals surface area (Å²) in [5, 5.41) is 10.6. The molecule has 2 rings (SSSR count). The van der Waals surface area contributed by atoms with E-state index in [4.69, 9.17) is 4.74 Å².